The van der Waals surface area contributed by atoms with Gasteiger partial charge in [-0.3, -0.25) is 4.57 Å². The summed E-state index contributed by atoms with van der Waals surface area (Å²) in [7, 11) is 1.63. The highest BCUT2D eigenvalue weighted by atomic mass is 79.9. The van der Waals surface area contributed by atoms with Gasteiger partial charge in [0, 0.05) is 16.2 Å². The number of nitrogens with zero attached hydrogens (tertiary/aromatic N) is 1. The van der Waals surface area contributed by atoms with Crippen LogP contribution in [-0.4, -0.2) is 23.4 Å². The van der Waals surface area contributed by atoms with Crippen LogP contribution in [-0.2, 0) is 10.2 Å². The van der Waals surface area contributed by atoms with Gasteiger partial charge in [-0.25, -0.2) is 4.79 Å². The van der Waals surface area contributed by atoms with Crippen molar-refractivity contribution in [3.63, 3.8) is 0 Å². The largest absolute Gasteiger partial charge is 0.496 e. The molecule has 0 bridgehead atoms. The number of rotatable bonds is 2. The first-order chi connectivity index (χ1) is 11.4. The van der Waals surface area contributed by atoms with Crippen molar-refractivity contribution in [3.05, 3.63) is 40.5 Å². The zero-order valence-corrected chi connectivity index (χ0v) is 17.5. The van der Waals surface area contributed by atoms with Gasteiger partial charge in [0.1, 0.15) is 11.4 Å². The lowest BCUT2D eigenvalue weighted by molar-refractivity contribution is 0.0540. The maximum Gasteiger partial charge on any atom is 0.419 e. The molecular weight excluding hydrogens is 382 g/mol. The molecule has 0 fully saturated rings. The van der Waals surface area contributed by atoms with Crippen molar-refractivity contribution in [2.45, 2.75) is 52.6 Å². The molecule has 0 N–H and O–H groups in total. The summed E-state index contributed by atoms with van der Waals surface area (Å²) in [5, 5.41) is 0. The van der Waals surface area contributed by atoms with E-state index < -0.39 is 11.7 Å². The predicted octanol–water partition coefficient (Wildman–Crippen LogP) is 6.01. The van der Waals surface area contributed by atoms with Crippen LogP contribution in [0.25, 0.3) is 11.3 Å². The summed E-state index contributed by atoms with van der Waals surface area (Å²) in [6.45, 7) is 12.0. The number of hydrogen-bond acceptors (Lipinski definition) is 3. The molecule has 0 radical (unpaired) electrons. The van der Waals surface area contributed by atoms with Crippen LogP contribution in [0, 0.1) is 0 Å². The minimum Gasteiger partial charge on any atom is -0.496 e. The smallest absolute Gasteiger partial charge is 0.419 e. The van der Waals surface area contributed by atoms with E-state index in [-0.39, 0.29) is 5.41 Å². The van der Waals surface area contributed by atoms with Crippen LogP contribution >= 0.6 is 15.9 Å². The van der Waals surface area contributed by atoms with Crippen LogP contribution in [0.3, 0.4) is 0 Å². The molecule has 0 saturated heterocycles. The lowest BCUT2D eigenvalue weighted by Gasteiger charge is -2.23. The lowest BCUT2D eigenvalue weighted by Crippen LogP contribution is -2.27. The van der Waals surface area contributed by atoms with E-state index in [0.29, 0.717) is 5.75 Å². The van der Waals surface area contributed by atoms with Gasteiger partial charge in [-0.15, -0.1) is 0 Å². The third-order valence-electron chi connectivity index (χ3n) is 3.72. The average Bonchev–Trinajstić information content (AvgIpc) is 2.86. The summed E-state index contributed by atoms with van der Waals surface area (Å²) in [4.78, 5) is 12.6. The summed E-state index contributed by atoms with van der Waals surface area (Å²) >= 11 is 3.46. The van der Waals surface area contributed by atoms with Crippen molar-refractivity contribution in [2.75, 3.05) is 7.11 Å². The summed E-state index contributed by atoms with van der Waals surface area (Å²) in [6.07, 6.45) is 1.29. The van der Waals surface area contributed by atoms with Gasteiger partial charge in [0.25, 0.3) is 0 Å². The average molecular weight is 408 g/mol. The second-order valence-corrected chi connectivity index (χ2v) is 8.97. The van der Waals surface area contributed by atoms with E-state index in [1.165, 1.54) is 4.57 Å². The number of aromatic nitrogens is 1. The summed E-state index contributed by atoms with van der Waals surface area (Å²) in [5.41, 5.74) is 2.16. The molecule has 0 aliphatic carbocycles. The molecule has 0 atom stereocenters. The van der Waals surface area contributed by atoms with Gasteiger partial charge in [-0.1, -0.05) is 26.8 Å². The second-order valence-electron chi connectivity index (χ2n) is 8.06. The maximum atomic E-state index is 12.6. The molecule has 0 unspecified atom stereocenters. The van der Waals surface area contributed by atoms with Crippen LogP contribution in [0.5, 0.6) is 5.75 Å². The molecule has 4 nitrogen and oxygen atoms in total. The lowest BCUT2D eigenvalue weighted by atomic mass is 9.85. The summed E-state index contributed by atoms with van der Waals surface area (Å²) in [5.74, 6) is 0.711. The van der Waals surface area contributed by atoms with Gasteiger partial charge in [0.2, 0.25) is 0 Å². The highest BCUT2D eigenvalue weighted by Gasteiger charge is 2.23. The minimum absolute atomic E-state index is 0.0123. The van der Waals surface area contributed by atoms with Gasteiger partial charge in [-0.2, -0.15) is 0 Å². The molecule has 136 valence electrons. The van der Waals surface area contributed by atoms with Gasteiger partial charge in [0.05, 0.1) is 12.8 Å². The van der Waals surface area contributed by atoms with Gasteiger partial charge in [0.15, 0.2) is 0 Å². The fourth-order valence-electron chi connectivity index (χ4n) is 2.47. The number of ether oxygens (including phenoxy) is 2. The molecule has 2 aromatic rings. The van der Waals surface area contributed by atoms with Crippen molar-refractivity contribution >= 4 is 22.0 Å². The molecule has 0 spiro atoms. The second kappa shape index (κ2) is 6.87. The van der Waals surface area contributed by atoms with Crippen molar-refractivity contribution < 1.29 is 14.3 Å². The molecule has 5 heteroatoms. The van der Waals surface area contributed by atoms with E-state index in [4.69, 9.17) is 9.47 Å². The Morgan fingerprint density at radius 2 is 1.72 bits per heavy atom. The van der Waals surface area contributed by atoms with Crippen LogP contribution in [0.2, 0.25) is 0 Å². The molecule has 0 saturated carbocycles. The fraction of sp³-hybridized carbons (Fsp3) is 0.450. The molecule has 0 aliphatic heterocycles. The van der Waals surface area contributed by atoms with Crippen molar-refractivity contribution in [1.82, 2.24) is 4.57 Å². The number of hydrogen-bond donors (Lipinski definition) is 0. The summed E-state index contributed by atoms with van der Waals surface area (Å²) < 4.78 is 13.4. The van der Waals surface area contributed by atoms with Gasteiger partial charge < -0.3 is 9.47 Å². The zero-order chi connectivity index (χ0) is 19.0. The SMILES string of the molecule is COc1ccc(C(C)(C)C)cc1-c1cc(Br)cn1C(=O)OC(C)(C)C. The Balaban J connectivity index is 2.61. The first kappa shape index (κ1) is 19.6. The van der Waals surface area contributed by atoms with Crippen molar-refractivity contribution in [3.8, 4) is 17.0 Å². The molecule has 1 aromatic heterocycles. The summed E-state index contributed by atoms with van der Waals surface area (Å²) in [6, 6.07) is 7.96. The van der Waals surface area contributed by atoms with Crippen molar-refractivity contribution in [1.29, 1.82) is 0 Å². The Kier molecular flexibility index (Phi) is 5.38. The standard InChI is InChI=1S/C20H26BrNO3/c1-19(2,3)13-8-9-17(24-7)15(10-13)16-11-14(21)12-22(16)18(23)25-20(4,5)6/h8-12H,1-7H3. The third kappa shape index (κ3) is 4.66. The Hall–Kier alpha value is -1.75. The Labute approximate surface area is 158 Å². The Morgan fingerprint density at radius 1 is 1.08 bits per heavy atom. The quantitative estimate of drug-likeness (QED) is 0.611. The van der Waals surface area contributed by atoms with E-state index in [9.17, 15) is 4.79 Å². The minimum atomic E-state index is -0.567. The number of halogens is 1. The monoisotopic (exact) mass is 407 g/mol. The fourth-order valence-corrected chi connectivity index (χ4v) is 2.90. The zero-order valence-electron chi connectivity index (χ0n) is 15.9. The van der Waals surface area contributed by atoms with E-state index in [1.54, 1.807) is 13.3 Å². The van der Waals surface area contributed by atoms with Crippen LogP contribution < -0.4 is 4.74 Å². The van der Waals surface area contributed by atoms with E-state index in [1.807, 2.05) is 32.9 Å². The predicted molar refractivity (Wildman–Crippen MR) is 104 cm³/mol. The number of benzene rings is 1. The van der Waals surface area contributed by atoms with Gasteiger partial charge >= 0.3 is 6.09 Å². The Bertz CT molecular complexity index is 779. The molecule has 0 amide bonds. The molecule has 2 rings (SSSR count). The van der Waals surface area contributed by atoms with Crippen molar-refractivity contribution in [2.24, 2.45) is 0 Å². The third-order valence-corrected chi connectivity index (χ3v) is 4.15. The molecule has 1 aromatic carbocycles. The topological polar surface area (TPSA) is 40.5 Å². The highest BCUT2D eigenvalue weighted by Crippen LogP contribution is 2.36. The number of methoxy groups -OCH3 is 1. The maximum absolute atomic E-state index is 12.6. The van der Waals surface area contributed by atoms with Crippen LogP contribution in [0.15, 0.2) is 34.9 Å². The van der Waals surface area contributed by atoms with E-state index >= 15 is 0 Å². The van der Waals surface area contributed by atoms with Crippen LogP contribution in [0.1, 0.15) is 47.1 Å². The molecule has 0 aliphatic rings. The highest BCUT2D eigenvalue weighted by molar-refractivity contribution is 9.10. The number of carbonyl (C=O) groups excluding carboxylic acids is 1. The number of carbonyl (C=O) groups is 1. The molecular formula is C20H26BrNO3. The Morgan fingerprint density at radius 3 is 2.24 bits per heavy atom. The first-order valence-electron chi connectivity index (χ1n) is 8.22. The van der Waals surface area contributed by atoms with Crippen LogP contribution in [0.4, 0.5) is 4.79 Å². The van der Waals surface area contributed by atoms with E-state index in [2.05, 4.69) is 48.8 Å². The first-order valence-corrected chi connectivity index (χ1v) is 9.02. The molecule has 25 heavy (non-hydrogen) atoms. The van der Waals surface area contributed by atoms with Gasteiger partial charge in [-0.05, 0) is 65.9 Å². The normalized spacial score (nSPS) is 12.2. The molecule has 1 heterocycles. The van der Waals surface area contributed by atoms with E-state index in [0.717, 1.165) is 21.3 Å².